The van der Waals surface area contributed by atoms with Gasteiger partial charge in [0.05, 0.1) is 0 Å². The van der Waals surface area contributed by atoms with E-state index in [0.29, 0.717) is 11.5 Å². The van der Waals surface area contributed by atoms with Crippen LogP contribution in [-0.2, 0) is 14.3 Å². The van der Waals surface area contributed by atoms with Crippen LogP contribution in [0, 0.1) is 0 Å². The maximum absolute atomic E-state index is 12.1. The molecule has 1 heterocycles. The highest BCUT2D eigenvalue weighted by Crippen LogP contribution is 2.31. The minimum Gasteiger partial charge on any atom is -0.485 e. The van der Waals surface area contributed by atoms with Gasteiger partial charge in [0, 0.05) is 6.04 Å². The van der Waals surface area contributed by atoms with E-state index in [0.717, 1.165) is 25.7 Å². The van der Waals surface area contributed by atoms with Gasteiger partial charge >= 0.3 is 5.97 Å². The number of carbonyl (C=O) groups excluding carboxylic acids is 2. The summed E-state index contributed by atoms with van der Waals surface area (Å²) >= 11 is 0. The molecule has 130 valence electrons. The lowest BCUT2D eigenvalue weighted by Crippen LogP contribution is -2.41. The Bertz CT molecular complexity index is 581. The predicted molar refractivity (Wildman–Crippen MR) is 86.9 cm³/mol. The van der Waals surface area contributed by atoms with E-state index >= 15 is 0 Å². The van der Waals surface area contributed by atoms with Crippen molar-refractivity contribution in [2.24, 2.45) is 0 Å². The molecule has 1 atom stereocenters. The van der Waals surface area contributed by atoms with Crippen LogP contribution in [0.25, 0.3) is 0 Å². The SMILES string of the molecule is O=C(COC(=O)[C@H]1COc2ccccc2O1)NC1CCCCCC1. The fraction of sp³-hybridized carbons (Fsp3) is 0.556. The van der Waals surface area contributed by atoms with Gasteiger partial charge in [-0.2, -0.15) is 0 Å². The fourth-order valence-corrected chi connectivity index (χ4v) is 3.06. The molecule has 1 saturated carbocycles. The van der Waals surface area contributed by atoms with Gasteiger partial charge in [0.1, 0.15) is 6.61 Å². The van der Waals surface area contributed by atoms with Gasteiger partial charge in [-0.05, 0) is 25.0 Å². The van der Waals surface area contributed by atoms with Crippen LogP contribution in [0.2, 0.25) is 0 Å². The third-order valence-corrected chi connectivity index (χ3v) is 4.34. The molecule has 1 aromatic rings. The smallest absolute Gasteiger partial charge is 0.351 e. The summed E-state index contributed by atoms with van der Waals surface area (Å²) in [6, 6.07) is 7.33. The number of para-hydroxylation sites is 2. The number of carbonyl (C=O) groups is 2. The third-order valence-electron chi connectivity index (χ3n) is 4.34. The lowest BCUT2D eigenvalue weighted by atomic mass is 10.1. The monoisotopic (exact) mass is 333 g/mol. The molecule has 0 radical (unpaired) electrons. The van der Waals surface area contributed by atoms with Crippen molar-refractivity contribution in [2.75, 3.05) is 13.2 Å². The molecule has 1 amide bonds. The zero-order valence-corrected chi connectivity index (χ0v) is 13.7. The van der Waals surface area contributed by atoms with Gasteiger partial charge in [0.15, 0.2) is 18.1 Å². The van der Waals surface area contributed by atoms with Crippen molar-refractivity contribution >= 4 is 11.9 Å². The number of esters is 1. The van der Waals surface area contributed by atoms with Gasteiger partial charge in [-0.1, -0.05) is 37.8 Å². The van der Waals surface area contributed by atoms with E-state index in [1.165, 1.54) is 12.8 Å². The van der Waals surface area contributed by atoms with Gasteiger partial charge in [0.2, 0.25) is 6.10 Å². The molecular formula is C18H23NO5. The summed E-state index contributed by atoms with van der Waals surface area (Å²) in [4.78, 5) is 24.0. The first kappa shape index (κ1) is 16.6. The van der Waals surface area contributed by atoms with Gasteiger partial charge in [-0.25, -0.2) is 4.79 Å². The maximum atomic E-state index is 12.1. The molecule has 1 aliphatic heterocycles. The number of ether oxygens (including phenoxy) is 3. The van der Waals surface area contributed by atoms with Crippen molar-refractivity contribution < 1.29 is 23.8 Å². The van der Waals surface area contributed by atoms with E-state index in [1.807, 2.05) is 6.07 Å². The van der Waals surface area contributed by atoms with Gasteiger partial charge in [0.25, 0.3) is 5.91 Å². The number of amides is 1. The third kappa shape index (κ3) is 4.40. The predicted octanol–water partition coefficient (Wildman–Crippen LogP) is 2.21. The Morgan fingerprint density at radius 1 is 1.08 bits per heavy atom. The van der Waals surface area contributed by atoms with Crippen LogP contribution in [0.15, 0.2) is 24.3 Å². The van der Waals surface area contributed by atoms with E-state index in [-0.39, 0.29) is 25.2 Å². The van der Waals surface area contributed by atoms with E-state index in [1.54, 1.807) is 18.2 Å². The van der Waals surface area contributed by atoms with Crippen molar-refractivity contribution in [3.05, 3.63) is 24.3 Å². The molecule has 0 saturated heterocycles. The highest BCUT2D eigenvalue weighted by molar-refractivity contribution is 5.82. The molecule has 2 aliphatic rings. The second kappa shape index (κ2) is 8.04. The number of nitrogens with one attached hydrogen (secondary N) is 1. The maximum Gasteiger partial charge on any atom is 0.351 e. The average Bonchev–Trinajstić information content (AvgIpc) is 2.88. The lowest BCUT2D eigenvalue weighted by molar-refractivity contribution is -0.157. The summed E-state index contributed by atoms with van der Waals surface area (Å²) in [7, 11) is 0. The minimum absolute atomic E-state index is 0.0834. The molecule has 24 heavy (non-hydrogen) atoms. The number of benzene rings is 1. The highest BCUT2D eigenvalue weighted by atomic mass is 16.6. The summed E-state index contributed by atoms with van der Waals surface area (Å²) in [5, 5.41) is 2.94. The summed E-state index contributed by atoms with van der Waals surface area (Å²) in [5.41, 5.74) is 0. The Labute approximate surface area is 141 Å². The first-order valence-corrected chi connectivity index (χ1v) is 8.57. The highest BCUT2D eigenvalue weighted by Gasteiger charge is 2.29. The summed E-state index contributed by atoms with van der Waals surface area (Å²) in [5.74, 6) is 0.272. The van der Waals surface area contributed by atoms with Crippen LogP contribution in [0.4, 0.5) is 0 Å². The Kier molecular flexibility index (Phi) is 5.56. The topological polar surface area (TPSA) is 73.9 Å². The largest absolute Gasteiger partial charge is 0.485 e. The minimum atomic E-state index is -0.842. The van der Waals surface area contributed by atoms with E-state index in [4.69, 9.17) is 14.2 Å². The molecule has 1 N–H and O–H groups in total. The van der Waals surface area contributed by atoms with Crippen LogP contribution in [0.5, 0.6) is 11.5 Å². The van der Waals surface area contributed by atoms with Crippen molar-refractivity contribution in [3.8, 4) is 11.5 Å². The van der Waals surface area contributed by atoms with E-state index < -0.39 is 12.1 Å². The van der Waals surface area contributed by atoms with Crippen molar-refractivity contribution in [1.29, 1.82) is 0 Å². The van der Waals surface area contributed by atoms with Crippen LogP contribution >= 0.6 is 0 Å². The Morgan fingerprint density at radius 3 is 2.54 bits per heavy atom. The van der Waals surface area contributed by atoms with E-state index in [2.05, 4.69) is 5.32 Å². The van der Waals surface area contributed by atoms with Crippen LogP contribution in [-0.4, -0.2) is 37.2 Å². The molecule has 0 unspecified atom stereocenters. The number of hydrogen-bond acceptors (Lipinski definition) is 5. The fourth-order valence-electron chi connectivity index (χ4n) is 3.06. The summed E-state index contributed by atoms with van der Waals surface area (Å²) in [6.07, 6.45) is 5.87. The zero-order valence-electron chi connectivity index (χ0n) is 13.7. The Balaban J connectivity index is 1.43. The first-order chi connectivity index (χ1) is 11.7. The lowest BCUT2D eigenvalue weighted by Gasteiger charge is -2.25. The quantitative estimate of drug-likeness (QED) is 0.675. The van der Waals surface area contributed by atoms with E-state index in [9.17, 15) is 9.59 Å². The van der Waals surface area contributed by atoms with Gasteiger partial charge in [-0.3, -0.25) is 4.79 Å². The van der Waals surface area contributed by atoms with Gasteiger partial charge in [-0.15, -0.1) is 0 Å². The van der Waals surface area contributed by atoms with Crippen molar-refractivity contribution in [2.45, 2.75) is 50.7 Å². The summed E-state index contributed by atoms with van der Waals surface area (Å²) < 4.78 is 16.1. The van der Waals surface area contributed by atoms with Crippen LogP contribution < -0.4 is 14.8 Å². The number of hydrogen-bond donors (Lipinski definition) is 1. The second-order valence-electron chi connectivity index (χ2n) is 6.23. The standard InChI is InChI=1S/C18H23NO5/c20-17(19-13-7-3-1-2-4-8-13)12-23-18(21)16-11-22-14-9-5-6-10-15(14)24-16/h5-6,9-10,13,16H,1-4,7-8,11-12H2,(H,19,20)/t16-/m1/s1. The van der Waals surface area contributed by atoms with Crippen LogP contribution in [0.1, 0.15) is 38.5 Å². The normalized spacial score (nSPS) is 20.8. The van der Waals surface area contributed by atoms with Gasteiger partial charge < -0.3 is 19.5 Å². The summed E-state index contributed by atoms with van der Waals surface area (Å²) in [6.45, 7) is -0.197. The second-order valence-corrected chi connectivity index (χ2v) is 6.23. The van der Waals surface area contributed by atoms with Crippen LogP contribution in [0.3, 0.4) is 0 Å². The molecule has 3 rings (SSSR count). The molecule has 6 heteroatoms. The molecule has 1 fully saturated rings. The Morgan fingerprint density at radius 2 is 1.79 bits per heavy atom. The number of rotatable bonds is 4. The molecule has 1 aromatic carbocycles. The zero-order chi connectivity index (χ0) is 16.8. The first-order valence-electron chi connectivity index (χ1n) is 8.57. The molecule has 0 aromatic heterocycles. The molecule has 1 aliphatic carbocycles. The van der Waals surface area contributed by atoms with Crippen molar-refractivity contribution in [3.63, 3.8) is 0 Å². The molecule has 0 spiro atoms. The molecular weight excluding hydrogens is 310 g/mol. The Hall–Kier alpha value is -2.24. The van der Waals surface area contributed by atoms with Crippen molar-refractivity contribution in [1.82, 2.24) is 5.32 Å². The number of fused-ring (bicyclic) bond motifs is 1. The molecule has 0 bridgehead atoms. The average molecular weight is 333 g/mol. The molecule has 6 nitrogen and oxygen atoms in total.